The number of likely N-dealkylation sites (tertiary alicyclic amines) is 1. The Labute approximate surface area is 144 Å². The molecule has 3 heterocycles. The number of amides is 1. The van der Waals surface area contributed by atoms with Crippen LogP contribution in [0, 0.1) is 5.92 Å². The van der Waals surface area contributed by atoms with E-state index in [0.29, 0.717) is 23.3 Å². The van der Waals surface area contributed by atoms with Gasteiger partial charge in [0.15, 0.2) is 0 Å². The molecule has 0 spiro atoms. The van der Waals surface area contributed by atoms with Crippen molar-refractivity contribution in [2.45, 2.75) is 25.8 Å². The van der Waals surface area contributed by atoms with Crippen LogP contribution in [0.5, 0.6) is 0 Å². The van der Waals surface area contributed by atoms with Crippen LogP contribution < -0.4 is 5.73 Å². The number of rotatable bonds is 3. The van der Waals surface area contributed by atoms with Gasteiger partial charge in [-0.15, -0.1) is 0 Å². The van der Waals surface area contributed by atoms with Crippen LogP contribution in [-0.2, 0) is 0 Å². The molecule has 2 saturated heterocycles. The summed E-state index contributed by atoms with van der Waals surface area (Å²) in [5.41, 5.74) is 6.23. The van der Waals surface area contributed by atoms with Crippen LogP contribution >= 0.6 is 0 Å². The van der Waals surface area contributed by atoms with E-state index in [-0.39, 0.29) is 5.91 Å². The number of carbonyl (C=O) groups excluding carboxylic acids is 1. The lowest BCUT2D eigenvalue weighted by Crippen LogP contribution is -2.52. The standard InChI is InChI=1S/C18H29N5O/c1-14(22-11-9-21(2)10-12-22)15-5-7-23(8-6-15)18(24)16-3-4-17(19)20-13-16/h3-4,13-15H,5-12H2,1-2H3,(H2,19,20). The van der Waals surface area contributed by atoms with Crippen molar-refractivity contribution in [3.8, 4) is 0 Å². The average molecular weight is 331 g/mol. The molecule has 0 bridgehead atoms. The van der Waals surface area contributed by atoms with Gasteiger partial charge in [-0.2, -0.15) is 0 Å². The number of carbonyl (C=O) groups is 1. The second kappa shape index (κ2) is 7.49. The number of hydrogen-bond acceptors (Lipinski definition) is 5. The fraction of sp³-hybridized carbons (Fsp3) is 0.667. The normalized spacial score (nSPS) is 22.5. The van der Waals surface area contributed by atoms with E-state index < -0.39 is 0 Å². The molecule has 2 aliphatic rings. The Balaban J connectivity index is 1.51. The van der Waals surface area contributed by atoms with E-state index >= 15 is 0 Å². The zero-order chi connectivity index (χ0) is 17.1. The summed E-state index contributed by atoms with van der Waals surface area (Å²) < 4.78 is 0. The molecule has 6 nitrogen and oxygen atoms in total. The number of likely N-dealkylation sites (N-methyl/N-ethyl adjacent to an activating group) is 1. The molecule has 3 rings (SSSR count). The minimum absolute atomic E-state index is 0.0770. The van der Waals surface area contributed by atoms with Crippen LogP contribution in [-0.4, -0.2) is 77.9 Å². The van der Waals surface area contributed by atoms with Crippen molar-refractivity contribution in [2.24, 2.45) is 5.92 Å². The lowest BCUT2D eigenvalue weighted by Gasteiger charge is -2.42. The highest BCUT2D eigenvalue weighted by atomic mass is 16.2. The minimum Gasteiger partial charge on any atom is -0.384 e. The van der Waals surface area contributed by atoms with Gasteiger partial charge in [-0.05, 0) is 44.9 Å². The van der Waals surface area contributed by atoms with Gasteiger partial charge in [-0.3, -0.25) is 9.69 Å². The molecule has 0 radical (unpaired) electrons. The number of hydrogen-bond donors (Lipinski definition) is 1. The summed E-state index contributed by atoms with van der Waals surface area (Å²) in [7, 11) is 2.19. The highest BCUT2D eigenvalue weighted by Crippen LogP contribution is 2.25. The van der Waals surface area contributed by atoms with E-state index in [2.05, 4.69) is 28.8 Å². The van der Waals surface area contributed by atoms with E-state index in [1.54, 1.807) is 18.3 Å². The molecule has 1 amide bonds. The minimum atomic E-state index is 0.0770. The molecule has 1 atom stereocenters. The highest BCUT2D eigenvalue weighted by molar-refractivity contribution is 5.94. The van der Waals surface area contributed by atoms with Crippen LogP contribution in [0.1, 0.15) is 30.1 Å². The number of anilines is 1. The quantitative estimate of drug-likeness (QED) is 0.900. The maximum absolute atomic E-state index is 12.6. The van der Waals surface area contributed by atoms with Crippen LogP contribution in [0.25, 0.3) is 0 Å². The van der Waals surface area contributed by atoms with E-state index in [0.717, 1.165) is 52.1 Å². The Kier molecular flexibility index (Phi) is 5.36. The van der Waals surface area contributed by atoms with Crippen molar-refractivity contribution in [3.05, 3.63) is 23.9 Å². The van der Waals surface area contributed by atoms with Crippen LogP contribution in [0.3, 0.4) is 0 Å². The Morgan fingerprint density at radius 1 is 1.17 bits per heavy atom. The molecule has 0 aliphatic carbocycles. The van der Waals surface area contributed by atoms with Crippen LogP contribution in [0.4, 0.5) is 5.82 Å². The van der Waals surface area contributed by atoms with E-state index in [9.17, 15) is 4.79 Å². The van der Waals surface area contributed by atoms with Gasteiger partial charge in [0.25, 0.3) is 5.91 Å². The van der Waals surface area contributed by atoms with Crippen molar-refractivity contribution in [1.29, 1.82) is 0 Å². The number of piperazine rings is 1. The smallest absolute Gasteiger partial charge is 0.255 e. The third-order valence-electron chi connectivity index (χ3n) is 5.66. The second-order valence-corrected chi connectivity index (χ2v) is 7.18. The molecule has 24 heavy (non-hydrogen) atoms. The van der Waals surface area contributed by atoms with Gasteiger partial charge >= 0.3 is 0 Å². The number of nitrogens with two attached hydrogens (primary N) is 1. The first kappa shape index (κ1) is 17.2. The first-order chi connectivity index (χ1) is 11.5. The summed E-state index contributed by atoms with van der Waals surface area (Å²) in [6, 6.07) is 4.06. The Hall–Kier alpha value is -1.66. The molecule has 0 saturated carbocycles. The van der Waals surface area contributed by atoms with Crippen molar-refractivity contribution in [3.63, 3.8) is 0 Å². The van der Waals surface area contributed by atoms with E-state index in [1.165, 1.54) is 0 Å². The van der Waals surface area contributed by atoms with Crippen LogP contribution in [0.2, 0.25) is 0 Å². The summed E-state index contributed by atoms with van der Waals surface area (Å²) in [4.78, 5) is 23.5. The Morgan fingerprint density at radius 3 is 2.42 bits per heavy atom. The van der Waals surface area contributed by atoms with Gasteiger partial charge in [0.2, 0.25) is 0 Å². The molecule has 1 aromatic heterocycles. The molecular formula is C18H29N5O. The van der Waals surface area contributed by atoms with E-state index in [4.69, 9.17) is 5.73 Å². The van der Waals surface area contributed by atoms with Gasteiger partial charge in [0.1, 0.15) is 5.82 Å². The third kappa shape index (κ3) is 3.87. The first-order valence-corrected chi connectivity index (χ1v) is 8.98. The third-order valence-corrected chi connectivity index (χ3v) is 5.66. The second-order valence-electron chi connectivity index (χ2n) is 7.18. The van der Waals surface area contributed by atoms with Crippen molar-refractivity contribution in [2.75, 3.05) is 52.0 Å². The monoisotopic (exact) mass is 331 g/mol. The van der Waals surface area contributed by atoms with Crippen molar-refractivity contribution < 1.29 is 4.79 Å². The lowest BCUT2D eigenvalue weighted by molar-refractivity contribution is 0.0500. The molecule has 2 fully saturated rings. The van der Waals surface area contributed by atoms with Gasteiger partial charge in [-0.1, -0.05) is 0 Å². The zero-order valence-corrected chi connectivity index (χ0v) is 14.8. The summed E-state index contributed by atoms with van der Waals surface area (Å²) in [6.07, 6.45) is 3.75. The predicted octanol–water partition coefficient (Wildman–Crippen LogP) is 1.15. The number of nitrogen functional groups attached to an aromatic ring is 1. The maximum Gasteiger partial charge on any atom is 0.255 e. The number of nitrogens with zero attached hydrogens (tertiary/aromatic N) is 4. The molecule has 2 N–H and O–H groups in total. The molecule has 0 aromatic carbocycles. The largest absolute Gasteiger partial charge is 0.384 e. The molecule has 132 valence electrons. The SMILES string of the molecule is CC(C1CCN(C(=O)c2ccc(N)nc2)CC1)N1CCN(C)CC1. The molecular weight excluding hydrogens is 302 g/mol. The zero-order valence-electron chi connectivity index (χ0n) is 14.8. The van der Waals surface area contributed by atoms with Gasteiger partial charge < -0.3 is 15.5 Å². The summed E-state index contributed by atoms with van der Waals surface area (Å²) in [5, 5.41) is 0. The van der Waals surface area contributed by atoms with Gasteiger partial charge in [0.05, 0.1) is 5.56 Å². The highest BCUT2D eigenvalue weighted by Gasteiger charge is 2.30. The first-order valence-electron chi connectivity index (χ1n) is 8.98. The summed E-state index contributed by atoms with van der Waals surface area (Å²) in [5.74, 6) is 1.21. The molecule has 1 aromatic rings. The lowest BCUT2D eigenvalue weighted by atomic mass is 9.89. The number of pyridine rings is 1. The van der Waals surface area contributed by atoms with Crippen molar-refractivity contribution >= 4 is 11.7 Å². The Bertz CT molecular complexity index is 545. The topological polar surface area (TPSA) is 65.7 Å². The number of aromatic nitrogens is 1. The van der Waals surface area contributed by atoms with Gasteiger partial charge in [0, 0.05) is 51.5 Å². The summed E-state index contributed by atoms with van der Waals surface area (Å²) in [6.45, 7) is 8.68. The molecule has 6 heteroatoms. The predicted molar refractivity (Wildman–Crippen MR) is 95.8 cm³/mol. The Morgan fingerprint density at radius 2 is 1.83 bits per heavy atom. The van der Waals surface area contributed by atoms with Crippen molar-refractivity contribution in [1.82, 2.24) is 19.7 Å². The number of piperidine rings is 1. The van der Waals surface area contributed by atoms with E-state index in [1.807, 2.05) is 4.90 Å². The summed E-state index contributed by atoms with van der Waals surface area (Å²) >= 11 is 0. The maximum atomic E-state index is 12.6. The average Bonchev–Trinajstić information content (AvgIpc) is 2.62. The van der Waals surface area contributed by atoms with Gasteiger partial charge in [-0.25, -0.2) is 4.98 Å². The molecule has 2 aliphatic heterocycles. The molecule has 1 unspecified atom stereocenters. The fourth-order valence-corrected chi connectivity index (χ4v) is 3.83. The fourth-order valence-electron chi connectivity index (χ4n) is 3.83. The van der Waals surface area contributed by atoms with Crippen LogP contribution in [0.15, 0.2) is 18.3 Å².